The first-order valence-corrected chi connectivity index (χ1v) is 8.98. The third-order valence-electron chi connectivity index (χ3n) is 6.14. The van der Waals surface area contributed by atoms with Crippen LogP contribution in [0.1, 0.15) is 75.3 Å². The Balaban J connectivity index is 1.53. The van der Waals surface area contributed by atoms with Crippen LogP contribution in [0.3, 0.4) is 0 Å². The second-order valence-electron chi connectivity index (χ2n) is 7.50. The molecule has 0 atom stereocenters. The molecule has 3 rings (SSSR count). The predicted molar refractivity (Wildman–Crippen MR) is 92.4 cm³/mol. The third-order valence-corrected chi connectivity index (χ3v) is 6.14. The van der Waals surface area contributed by atoms with Crippen molar-refractivity contribution in [2.75, 3.05) is 0 Å². The summed E-state index contributed by atoms with van der Waals surface area (Å²) >= 11 is 0. The molecule has 0 saturated heterocycles. The van der Waals surface area contributed by atoms with Gasteiger partial charge in [0.15, 0.2) is 0 Å². The van der Waals surface area contributed by atoms with E-state index in [-0.39, 0.29) is 0 Å². The van der Waals surface area contributed by atoms with Crippen molar-refractivity contribution < 1.29 is 0 Å². The second kappa shape index (κ2) is 6.81. The van der Waals surface area contributed by atoms with Crippen LogP contribution in [0.5, 0.6) is 0 Å². The lowest BCUT2D eigenvalue weighted by atomic mass is 9.68. The largest absolute Gasteiger partial charge is 0.0985 e. The molecule has 2 aliphatic carbocycles. The van der Waals surface area contributed by atoms with E-state index >= 15 is 0 Å². The van der Waals surface area contributed by atoms with E-state index in [1.165, 1.54) is 56.9 Å². The van der Waals surface area contributed by atoms with E-state index in [2.05, 4.69) is 37.8 Å². The summed E-state index contributed by atoms with van der Waals surface area (Å²) in [4.78, 5) is 0. The smallest absolute Gasteiger partial charge is 0.0162 e. The molecule has 0 heteroatoms. The van der Waals surface area contributed by atoms with Crippen molar-refractivity contribution in [2.24, 2.45) is 17.8 Å². The highest BCUT2D eigenvalue weighted by Gasteiger charge is 2.30. The molecule has 0 bridgehead atoms. The Morgan fingerprint density at radius 1 is 0.810 bits per heavy atom. The Morgan fingerprint density at radius 3 is 1.86 bits per heavy atom. The van der Waals surface area contributed by atoms with E-state index in [1.54, 1.807) is 5.56 Å². The van der Waals surface area contributed by atoms with Gasteiger partial charge in [-0.25, -0.2) is 0 Å². The minimum atomic E-state index is 0.808. The number of hydrogen-bond donors (Lipinski definition) is 0. The molecule has 0 amide bonds. The summed E-state index contributed by atoms with van der Waals surface area (Å²) in [5.74, 6) is 3.87. The molecule has 2 aliphatic rings. The van der Waals surface area contributed by atoms with E-state index in [4.69, 9.17) is 0 Å². The lowest BCUT2D eigenvalue weighted by Gasteiger charge is -2.37. The first kappa shape index (κ1) is 14.9. The normalized spacial score (nSPS) is 33.6. The standard InChI is InChI=1S/C21H30/c1-3-17-6-10-19(11-7-17)21-14-12-20(13-15-21)18-8-4-16(2)5-9-18/h3,6-7,10-11,16,18,20-21H,1,4-5,8-9,12-15H2,2H3. The van der Waals surface area contributed by atoms with Gasteiger partial charge in [0.05, 0.1) is 0 Å². The summed E-state index contributed by atoms with van der Waals surface area (Å²) in [6.45, 7) is 6.27. The minimum absolute atomic E-state index is 0.808. The first-order valence-electron chi connectivity index (χ1n) is 8.98. The number of benzene rings is 1. The Bertz CT molecular complexity index is 439. The van der Waals surface area contributed by atoms with Gasteiger partial charge in [-0.1, -0.05) is 56.7 Å². The molecular weight excluding hydrogens is 252 g/mol. The molecule has 21 heavy (non-hydrogen) atoms. The Kier molecular flexibility index (Phi) is 4.83. The molecule has 0 spiro atoms. The van der Waals surface area contributed by atoms with Gasteiger partial charge in [0, 0.05) is 0 Å². The summed E-state index contributed by atoms with van der Waals surface area (Å²) in [6.07, 6.45) is 13.6. The van der Waals surface area contributed by atoms with E-state index in [1.807, 2.05) is 6.08 Å². The van der Waals surface area contributed by atoms with Crippen LogP contribution in [0, 0.1) is 17.8 Å². The fraction of sp³-hybridized carbons (Fsp3) is 0.619. The zero-order valence-corrected chi connectivity index (χ0v) is 13.6. The van der Waals surface area contributed by atoms with Gasteiger partial charge in [-0.15, -0.1) is 0 Å². The first-order chi connectivity index (χ1) is 10.3. The molecule has 2 saturated carbocycles. The van der Waals surface area contributed by atoms with Gasteiger partial charge in [-0.05, 0) is 73.3 Å². The van der Waals surface area contributed by atoms with E-state index in [0.717, 1.165) is 23.7 Å². The van der Waals surface area contributed by atoms with Crippen LogP contribution in [0.2, 0.25) is 0 Å². The summed E-state index contributed by atoms with van der Waals surface area (Å²) < 4.78 is 0. The van der Waals surface area contributed by atoms with Gasteiger partial charge < -0.3 is 0 Å². The molecule has 1 aromatic carbocycles. The summed E-state index contributed by atoms with van der Waals surface area (Å²) in [6, 6.07) is 9.09. The Hall–Kier alpha value is -1.04. The molecule has 0 N–H and O–H groups in total. The number of hydrogen-bond acceptors (Lipinski definition) is 0. The van der Waals surface area contributed by atoms with Crippen LogP contribution < -0.4 is 0 Å². The zero-order valence-electron chi connectivity index (χ0n) is 13.6. The van der Waals surface area contributed by atoms with Gasteiger partial charge in [-0.2, -0.15) is 0 Å². The van der Waals surface area contributed by atoms with E-state index in [9.17, 15) is 0 Å². The molecule has 1 aromatic rings. The van der Waals surface area contributed by atoms with Crippen LogP contribution in [0.15, 0.2) is 30.8 Å². The van der Waals surface area contributed by atoms with E-state index in [0.29, 0.717) is 0 Å². The Labute approximate surface area is 130 Å². The van der Waals surface area contributed by atoms with Crippen molar-refractivity contribution >= 4 is 6.08 Å². The van der Waals surface area contributed by atoms with Gasteiger partial charge >= 0.3 is 0 Å². The second-order valence-corrected chi connectivity index (χ2v) is 7.50. The highest BCUT2D eigenvalue weighted by atomic mass is 14.4. The van der Waals surface area contributed by atoms with Gasteiger partial charge in [0.2, 0.25) is 0 Å². The van der Waals surface area contributed by atoms with Crippen molar-refractivity contribution in [1.29, 1.82) is 0 Å². The molecule has 0 aliphatic heterocycles. The third kappa shape index (κ3) is 3.59. The molecule has 0 heterocycles. The topological polar surface area (TPSA) is 0 Å². The van der Waals surface area contributed by atoms with Gasteiger partial charge in [-0.3, -0.25) is 0 Å². The highest BCUT2D eigenvalue weighted by Crippen LogP contribution is 2.43. The zero-order chi connectivity index (χ0) is 14.7. The quantitative estimate of drug-likeness (QED) is 0.599. The fourth-order valence-electron chi connectivity index (χ4n) is 4.59. The molecule has 0 radical (unpaired) electrons. The molecule has 0 nitrogen and oxygen atoms in total. The van der Waals surface area contributed by atoms with Gasteiger partial charge in [0.25, 0.3) is 0 Å². The van der Waals surface area contributed by atoms with Crippen molar-refractivity contribution in [2.45, 2.75) is 64.2 Å². The molecule has 2 fully saturated rings. The monoisotopic (exact) mass is 282 g/mol. The maximum Gasteiger partial charge on any atom is -0.0162 e. The van der Waals surface area contributed by atoms with Crippen LogP contribution in [-0.2, 0) is 0 Å². The van der Waals surface area contributed by atoms with Crippen LogP contribution >= 0.6 is 0 Å². The number of rotatable bonds is 3. The summed E-state index contributed by atoms with van der Waals surface area (Å²) in [5.41, 5.74) is 2.79. The Morgan fingerprint density at radius 2 is 1.33 bits per heavy atom. The summed E-state index contributed by atoms with van der Waals surface area (Å²) in [5, 5.41) is 0. The highest BCUT2D eigenvalue weighted by molar-refractivity contribution is 5.47. The van der Waals surface area contributed by atoms with Crippen LogP contribution in [0.4, 0.5) is 0 Å². The SMILES string of the molecule is C=Cc1ccc(C2CCC(C3CCC(C)CC3)CC2)cc1. The molecule has 114 valence electrons. The predicted octanol–water partition coefficient (Wildman–Crippen LogP) is 6.43. The lowest BCUT2D eigenvalue weighted by molar-refractivity contribution is 0.165. The molecular formula is C21H30. The molecule has 0 unspecified atom stereocenters. The molecule has 0 aromatic heterocycles. The average Bonchev–Trinajstić information content (AvgIpc) is 2.56. The van der Waals surface area contributed by atoms with Crippen LogP contribution in [0.25, 0.3) is 6.08 Å². The van der Waals surface area contributed by atoms with Crippen molar-refractivity contribution in [3.63, 3.8) is 0 Å². The van der Waals surface area contributed by atoms with Gasteiger partial charge in [0.1, 0.15) is 0 Å². The summed E-state index contributed by atoms with van der Waals surface area (Å²) in [7, 11) is 0. The fourth-order valence-corrected chi connectivity index (χ4v) is 4.59. The van der Waals surface area contributed by atoms with Crippen molar-refractivity contribution in [1.82, 2.24) is 0 Å². The lowest BCUT2D eigenvalue weighted by Crippen LogP contribution is -2.24. The van der Waals surface area contributed by atoms with E-state index < -0.39 is 0 Å². The van der Waals surface area contributed by atoms with Crippen molar-refractivity contribution in [3.8, 4) is 0 Å². The maximum absolute atomic E-state index is 3.84. The minimum Gasteiger partial charge on any atom is -0.0985 e. The maximum atomic E-state index is 3.84. The van der Waals surface area contributed by atoms with Crippen LogP contribution in [-0.4, -0.2) is 0 Å². The average molecular weight is 282 g/mol. The van der Waals surface area contributed by atoms with Crippen molar-refractivity contribution in [3.05, 3.63) is 42.0 Å².